The monoisotopic (exact) mass is 245 g/mol. The summed E-state index contributed by atoms with van der Waals surface area (Å²) in [5.41, 5.74) is 1.17. The molecule has 4 nitrogen and oxygen atoms in total. The molecule has 1 unspecified atom stereocenters. The van der Waals surface area contributed by atoms with E-state index < -0.39 is 0 Å². The Bertz CT molecular complexity index is 546. The smallest absolute Gasteiger partial charge is 0.251 e. The molecule has 1 atom stereocenters. The Hall–Kier alpha value is -2.23. The highest BCUT2D eigenvalue weighted by atomic mass is 16.3. The molecule has 0 aliphatic carbocycles. The first-order chi connectivity index (χ1) is 8.58. The normalized spacial score (nSPS) is 12.1. The molecule has 0 saturated heterocycles. The topological polar surface area (TPSA) is 62.5 Å². The molecular formula is C14H15NO3. The maximum atomic E-state index is 11.9. The quantitative estimate of drug-likeness (QED) is 0.874. The molecule has 2 N–H and O–H groups in total. The van der Waals surface area contributed by atoms with Gasteiger partial charge in [0.2, 0.25) is 0 Å². The van der Waals surface area contributed by atoms with Crippen LogP contribution in [0.4, 0.5) is 0 Å². The summed E-state index contributed by atoms with van der Waals surface area (Å²) in [6.45, 7) is 3.62. The van der Waals surface area contributed by atoms with Gasteiger partial charge in [-0.05, 0) is 43.7 Å². The van der Waals surface area contributed by atoms with Gasteiger partial charge in [0.25, 0.3) is 5.91 Å². The van der Waals surface area contributed by atoms with Gasteiger partial charge < -0.3 is 14.8 Å². The zero-order valence-corrected chi connectivity index (χ0v) is 10.3. The Morgan fingerprint density at radius 1 is 1.39 bits per heavy atom. The van der Waals surface area contributed by atoms with E-state index >= 15 is 0 Å². The summed E-state index contributed by atoms with van der Waals surface area (Å²) < 4.78 is 5.21. The van der Waals surface area contributed by atoms with Crippen molar-refractivity contribution in [3.8, 4) is 5.75 Å². The lowest BCUT2D eigenvalue weighted by atomic mass is 10.1. The molecule has 4 heteroatoms. The predicted octanol–water partition coefficient (Wildman–Crippen LogP) is 2.78. The second-order valence-corrected chi connectivity index (χ2v) is 4.21. The average Bonchev–Trinajstić information content (AvgIpc) is 2.86. The number of hydrogen-bond acceptors (Lipinski definition) is 3. The number of nitrogens with one attached hydrogen (secondary N) is 1. The maximum absolute atomic E-state index is 11.9. The molecule has 0 bridgehead atoms. The van der Waals surface area contributed by atoms with Gasteiger partial charge in [0.15, 0.2) is 0 Å². The largest absolute Gasteiger partial charge is 0.508 e. The third-order valence-corrected chi connectivity index (χ3v) is 2.79. The lowest BCUT2D eigenvalue weighted by Crippen LogP contribution is -2.26. The van der Waals surface area contributed by atoms with Crippen LogP contribution in [0.1, 0.15) is 34.6 Å². The van der Waals surface area contributed by atoms with Gasteiger partial charge >= 0.3 is 0 Å². The molecule has 1 amide bonds. The molecule has 1 aromatic heterocycles. The highest BCUT2D eigenvalue weighted by Gasteiger charge is 2.13. The molecule has 1 aromatic carbocycles. The predicted molar refractivity (Wildman–Crippen MR) is 67.4 cm³/mol. The second-order valence-electron chi connectivity index (χ2n) is 4.21. The van der Waals surface area contributed by atoms with E-state index in [4.69, 9.17) is 4.42 Å². The summed E-state index contributed by atoms with van der Waals surface area (Å²) in [7, 11) is 0. The van der Waals surface area contributed by atoms with E-state index in [1.165, 1.54) is 6.07 Å². The Labute approximate surface area is 105 Å². The third kappa shape index (κ3) is 2.53. The highest BCUT2D eigenvalue weighted by Crippen LogP contribution is 2.18. The van der Waals surface area contributed by atoms with E-state index in [0.29, 0.717) is 11.3 Å². The number of rotatable bonds is 3. The summed E-state index contributed by atoms with van der Waals surface area (Å²) in [5.74, 6) is 0.571. The van der Waals surface area contributed by atoms with Crippen LogP contribution in [0.2, 0.25) is 0 Å². The molecule has 1 heterocycles. The zero-order valence-electron chi connectivity index (χ0n) is 10.3. The van der Waals surface area contributed by atoms with Crippen molar-refractivity contribution in [1.29, 1.82) is 0 Å². The molecule has 0 saturated carbocycles. The zero-order chi connectivity index (χ0) is 13.1. The Balaban J connectivity index is 2.10. The van der Waals surface area contributed by atoms with Gasteiger partial charge in [-0.2, -0.15) is 0 Å². The van der Waals surface area contributed by atoms with Crippen molar-refractivity contribution < 1.29 is 14.3 Å². The number of phenols is 1. The first-order valence-corrected chi connectivity index (χ1v) is 5.72. The molecule has 2 rings (SSSR count). The standard InChI is InChI=1S/C14H15NO3/c1-9-5-6-11(8-12(9)16)14(17)15-10(2)13-4-3-7-18-13/h3-8,10,16H,1-2H3,(H,15,17). The van der Waals surface area contributed by atoms with Gasteiger partial charge in [-0.1, -0.05) is 6.07 Å². The summed E-state index contributed by atoms with van der Waals surface area (Å²) in [6, 6.07) is 8.21. The average molecular weight is 245 g/mol. The van der Waals surface area contributed by atoms with E-state index in [2.05, 4.69) is 5.32 Å². The van der Waals surface area contributed by atoms with Crippen LogP contribution in [-0.2, 0) is 0 Å². The lowest BCUT2D eigenvalue weighted by Gasteiger charge is -2.11. The number of aryl methyl sites for hydroxylation is 1. The number of furan rings is 1. The summed E-state index contributed by atoms with van der Waals surface area (Å²) in [6.07, 6.45) is 1.57. The third-order valence-electron chi connectivity index (χ3n) is 2.79. The molecule has 0 aliphatic heterocycles. The van der Waals surface area contributed by atoms with Gasteiger partial charge in [-0.15, -0.1) is 0 Å². The van der Waals surface area contributed by atoms with Crippen molar-refractivity contribution >= 4 is 5.91 Å². The molecule has 2 aromatic rings. The van der Waals surface area contributed by atoms with E-state index in [0.717, 1.165) is 5.56 Å². The van der Waals surface area contributed by atoms with Crippen molar-refractivity contribution in [3.05, 3.63) is 53.5 Å². The minimum atomic E-state index is -0.241. The lowest BCUT2D eigenvalue weighted by molar-refractivity contribution is 0.0935. The molecule has 94 valence electrons. The number of carbonyl (C=O) groups excluding carboxylic acids is 1. The van der Waals surface area contributed by atoms with Crippen molar-refractivity contribution in [2.75, 3.05) is 0 Å². The van der Waals surface area contributed by atoms with Crippen molar-refractivity contribution in [3.63, 3.8) is 0 Å². The maximum Gasteiger partial charge on any atom is 0.251 e. The van der Waals surface area contributed by atoms with E-state index in [9.17, 15) is 9.90 Å². The van der Waals surface area contributed by atoms with Crippen LogP contribution >= 0.6 is 0 Å². The SMILES string of the molecule is Cc1ccc(C(=O)NC(C)c2ccco2)cc1O. The van der Waals surface area contributed by atoms with E-state index in [1.807, 2.05) is 6.92 Å². The van der Waals surface area contributed by atoms with Crippen LogP contribution in [-0.4, -0.2) is 11.0 Å². The number of phenolic OH excluding ortho intramolecular Hbond substituents is 1. The molecule has 0 aliphatic rings. The molecule has 0 spiro atoms. The molecule has 0 fully saturated rings. The number of aromatic hydroxyl groups is 1. The first kappa shape index (κ1) is 12.2. The van der Waals surface area contributed by atoms with Gasteiger partial charge in [0.05, 0.1) is 12.3 Å². The number of carbonyl (C=O) groups is 1. The van der Waals surface area contributed by atoms with Gasteiger partial charge in [-0.25, -0.2) is 0 Å². The van der Waals surface area contributed by atoms with Crippen molar-refractivity contribution in [2.24, 2.45) is 0 Å². The van der Waals surface area contributed by atoms with Crippen LogP contribution in [0.5, 0.6) is 5.75 Å². The van der Waals surface area contributed by atoms with Crippen molar-refractivity contribution in [1.82, 2.24) is 5.32 Å². The van der Waals surface area contributed by atoms with Crippen LogP contribution in [0.3, 0.4) is 0 Å². The summed E-state index contributed by atoms with van der Waals surface area (Å²) >= 11 is 0. The van der Waals surface area contributed by atoms with Gasteiger partial charge in [-0.3, -0.25) is 4.79 Å². The number of benzene rings is 1. The van der Waals surface area contributed by atoms with Gasteiger partial charge in [0.1, 0.15) is 11.5 Å². The van der Waals surface area contributed by atoms with Crippen LogP contribution in [0.25, 0.3) is 0 Å². The van der Waals surface area contributed by atoms with E-state index in [-0.39, 0.29) is 17.7 Å². The fourth-order valence-electron chi connectivity index (χ4n) is 1.64. The Kier molecular flexibility index (Phi) is 3.37. The second kappa shape index (κ2) is 4.96. The number of amides is 1. The molecule has 0 radical (unpaired) electrons. The van der Waals surface area contributed by atoms with Gasteiger partial charge in [0, 0.05) is 5.56 Å². The fourth-order valence-corrected chi connectivity index (χ4v) is 1.64. The minimum absolute atomic E-state index is 0.119. The van der Waals surface area contributed by atoms with Crippen LogP contribution in [0.15, 0.2) is 41.0 Å². The number of hydrogen-bond donors (Lipinski definition) is 2. The Morgan fingerprint density at radius 2 is 2.17 bits per heavy atom. The van der Waals surface area contributed by atoms with Crippen LogP contribution in [0, 0.1) is 6.92 Å². The first-order valence-electron chi connectivity index (χ1n) is 5.72. The summed E-state index contributed by atoms with van der Waals surface area (Å²) in [5, 5.41) is 12.4. The molecular weight excluding hydrogens is 230 g/mol. The highest BCUT2D eigenvalue weighted by molar-refractivity contribution is 5.94. The summed E-state index contributed by atoms with van der Waals surface area (Å²) in [4.78, 5) is 11.9. The van der Waals surface area contributed by atoms with Crippen molar-refractivity contribution in [2.45, 2.75) is 19.9 Å². The van der Waals surface area contributed by atoms with E-state index in [1.54, 1.807) is 37.5 Å². The fraction of sp³-hybridized carbons (Fsp3) is 0.214. The Morgan fingerprint density at radius 3 is 2.78 bits per heavy atom. The molecule has 18 heavy (non-hydrogen) atoms. The minimum Gasteiger partial charge on any atom is -0.508 e. The van der Waals surface area contributed by atoms with Crippen LogP contribution < -0.4 is 5.32 Å².